The Morgan fingerprint density at radius 2 is 1.70 bits per heavy atom. The van der Waals surface area contributed by atoms with Gasteiger partial charge in [0.1, 0.15) is 0 Å². The summed E-state index contributed by atoms with van der Waals surface area (Å²) < 4.78 is 0. The maximum atomic E-state index is 8.56. The molecule has 1 radical (unpaired) electrons. The first kappa shape index (κ1) is 9.88. The summed E-state index contributed by atoms with van der Waals surface area (Å²) in [5.74, 6) is 0. The van der Waals surface area contributed by atoms with E-state index < -0.39 is 0 Å². The number of aliphatic hydroxyl groups is 2. The molecule has 0 aliphatic carbocycles. The van der Waals surface area contributed by atoms with E-state index in [4.69, 9.17) is 10.2 Å². The first-order valence-electron chi connectivity index (χ1n) is 3.51. The maximum absolute atomic E-state index is 8.56. The summed E-state index contributed by atoms with van der Waals surface area (Å²) in [4.78, 5) is 1.92. The van der Waals surface area contributed by atoms with Gasteiger partial charge in [0, 0.05) is 19.1 Å². The summed E-state index contributed by atoms with van der Waals surface area (Å²) in [5, 5.41) is 17.1. The van der Waals surface area contributed by atoms with Gasteiger partial charge in [0.05, 0.1) is 13.2 Å². The van der Waals surface area contributed by atoms with Crippen molar-refractivity contribution in [3.05, 3.63) is 6.92 Å². The molecule has 3 nitrogen and oxygen atoms in total. The van der Waals surface area contributed by atoms with Crippen molar-refractivity contribution in [2.24, 2.45) is 0 Å². The second kappa shape index (κ2) is 5.65. The molecule has 10 heavy (non-hydrogen) atoms. The molecule has 0 aromatic carbocycles. The van der Waals surface area contributed by atoms with Crippen molar-refractivity contribution in [3.8, 4) is 0 Å². The molecule has 0 aliphatic rings. The minimum absolute atomic E-state index is 0.125. The summed E-state index contributed by atoms with van der Waals surface area (Å²) in [6, 6.07) is 0.152. The van der Waals surface area contributed by atoms with E-state index in [2.05, 4.69) is 6.92 Å². The molecule has 0 aliphatic heterocycles. The average molecular weight is 146 g/mol. The van der Waals surface area contributed by atoms with Crippen molar-refractivity contribution >= 4 is 0 Å². The number of aliphatic hydroxyl groups excluding tert-OH is 2. The Bertz CT molecular complexity index is 70.0. The highest BCUT2D eigenvalue weighted by Gasteiger charge is 2.06. The largest absolute Gasteiger partial charge is 0.395 e. The van der Waals surface area contributed by atoms with Crippen molar-refractivity contribution in [1.82, 2.24) is 4.90 Å². The lowest BCUT2D eigenvalue weighted by Crippen LogP contribution is -2.35. The molecule has 0 fully saturated rings. The molecule has 3 heteroatoms. The topological polar surface area (TPSA) is 43.7 Å². The van der Waals surface area contributed by atoms with Crippen LogP contribution in [0.2, 0.25) is 0 Å². The van der Waals surface area contributed by atoms with Gasteiger partial charge in [-0.2, -0.15) is 0 Å². The van der Waals surface area contributed by atoms with Gasteiger partial charge < -0.3 is 10.2 Å². The lowest BCUT2D eigenvalue weighted by molar-refractivity contribution is 0.144. The Morgan fingerprint density at radius 1 is 1.30 bits per heavy atom. The molecule has 0 aromatic rings. The van der Waals surface area contributed by atoms with Gasteiger partial charge in [-0.05, 0) is 13.8 Å². The Hall–Kier alpha value is -0.120. The monoisotopic (exact) mass is 146 g/mol. The molecular formula is C7H16NO2. The zero-order valence-electron chi connectivity index (χ0n) is 6.45. The van der Waals surface area contributed by atoms with Crippen LogP contribution >= 0.6 is 0 Å². The zero-order valence-corrected chi connectivity index (χ0v) is 6.45. The normalized spacial score (nSPS) is 11.4. The highest BCUT2D eigenvalue weighted by Crippen LogP contribution is 1.94. The van der Waals surface area contributed by atoms with Crippen molar-refractivity contribution < 1.29 is 10.2 Å². The molecule has 0 saturated carbocycles. The molecule has 0 heterocycles. The van der Waals surface area contributed by atoms with Crippen LogP contribution in [0.5, 0.6) is 0 Å². The number of hydrogen-bond donors (Lipinski definition) is 2. The molecule has 0 aromatic heterocycles. The van der Waals surface area contributed by atoms with Crippen LogP contribution < -0.4 is 0 Å². The van der Waals surface area contributed by atoms with Gasteiger partial charge in [0.15, 0.2) is 0 Å². The van der Waals surface area contributed by atoms with Gasteiger partial charge in [-0.15, -0.1) is 0 Å². The predicted octanol–water partition coefficient (Wildman–Crippen LogP) is -0.504. The fourth-order valence-electron chi connectivity index (χ4n) is 0.809. The average Bonchev–Trinajstić information content (AvgIpc) is 1.87. The maximum Gasteiger partial charge on any atom is 0.0558 e. The fourth-order valence-corrected chi connectivity index (χ4v) is 0.809. The lowest BCUT2D eigenvalue weighted by Gasteiger charge is -2.23. The van der Waals surface area contributed by atoms with Crippen molar-refractivity contribution in [1.29, 1.82) is 0 Å². The molecule has 2 N–H and O–H groups in total. The fraction of sp³-hybridized carbons (Fsp3) is 0.857. The van der Waals surface area contributed by atoms with Gasteiger partial charge in [-0.25, -0.2) is 0 Å². The number of hydrogen-bond acceptors (Lipinski definition) is 3. The van der Waals surface area contributed by atoms with E-state index in [-0.39, 0.29) is 19.3 Å². The van der Waals surface area contributed by atoms with Gasteiger partial charge in [-0.1, -0.05) is 0 Å². The molecule has 1 atom stereocenters. The van der Waals surface area contributed by atoms with Crippen molar-refractivity contribution in [3.63, 3.8) is 0 Å². The standard InChI is InChI=1S/C7H16NO2/c1-7(2)8(3-5-9)4-6-10/h7,9-10H,1,3-6H2,2H3. The molecule has 61 valence electrons. The first-order chi connectivity index (χ1) is 4.72. The molecule has 0 bridgehead atoms. The third kappa shape index (κ3) is 3.82. The van der Waals surface area contributed by atoms with E-state index in [1.807, 2.05) is 11.8 Å². The van der Waals surface area contributed by atoms with Crippen LogP contribution in [0.15, 0.2) is 0 Å². The van der Waals surface area contributed by atoms with Crippen LogP contribution in [0.25, 0.3) is 0 Å². The molecule has 0 amide bonds. The first-order valence-corrected chi connectivity index (χ1v) is 3.51. The summed E-state index contributed by atoms with van der Waals surface area (Å²) in [6.45, 7) is 7.14. The van der Waals surface area contributed by atoms with Gasteiger partial charge in [0.2, 0.25) is 0 Å². The Balaban J connectivity index is 3.50. The van der Waals surface area contributed by atoms with Crippen LogP contribution in [-0.4, -0.2) is 47.5 Å². The minimum atomic E-state index is 0.125. The number of rotatable bonds is 5. The van der Waals surface area contributed by atoms with Crippen LogP contribution in [0.4, 0.5) is 0 Å². The van der Waals surface area contributed by atoms with Crippen molar-refractivity contribution in [2.45, 2.75) is 13.0 Å². The van der Waals surface area contributed by atoms with Gasteiger partial charge >= 0.3 is 0 Å². The van der Waals surface area contributed by atoms with Crippen LogP contribution in [0.1, 0.15) is 6.92 Å². The minimum Gasteiger partial charge on any atom is -0.395 e. The van der Waals surface area contributed by atoms with E-state index in [1.54, 1.807) is 0 Å². The van der Waals surface area contributed by atoms with Crippen molar-refractivity contribution in [2.75, 3.05) is 26.3 Å². The zero-order chi connectivity index (χ0) is 7.98. The molecular weight excluding hydrogens is 130 g/mol. The van der Waals surface area contributed by atoms with E-state index in [1.165, 1.54) is 0 Å². The second-order valence-corrected chi connectivity index (χ2v) is 2.33. The molecule has 0 rings (SSSR count). The Labute approximate surface area is 62.3 Å². The van der Waals surface area contributed by atoms with E-state index in [9.17, 15) is 0 Å². The molecule has 1 unspecified atom stereocenters. The summed E-state index contributed by atoms with van der Waals surface area (Å²) >= 11 is 0. The summed E-state index contributed by atoms with van der Waals surface area (Å²) in [7, 11) is 0. The highest BCUT2D eigenvalue weighted by molar-refractivity contribution is 4.67. The lowest BCUT2D eigenvalue weighted by atomic mass is 10.3. The summed E-state index contributed by atoms with van der Waals surface area (Å²) in [5.41, 5.74) is 0. The van der Waals surface area contributed by atoms with E-state index in [0.29, 0.717) is 13.1 Å². The van der Waals surface area contributed by atoms with Crippen LogP contribution in [0.3, 0.4) is 0 Å². The van der Waals surface area contributed by atoms with Gasteiger partial charge in [0.25, 0.3) is 0 Å². The Kier molecular flexibility index (Phi) is 5.58. The van der Waals surface area contributed by atoms with E-state index in [0.717, 1.165) is 0 Å². The van der Waals surface area contributed by atoms with Gasteiger partial charge in [-0.3, -0.25) is 4.90 Å². The smallest absolute Gasteiger partial charge is 0.0558 e. The molecule has 0 spiro atoms. The summed E-state index contributed by atoms with van der Waals surface area (Å²) in [6.07, 6.45) is 0. The predicted molar refractivity (Wildman–Crippen MR) is 40.6 cm³/mol. The third-order valence-corrected chi connectivity index (χ3v) is 1.40. The third-order valence-electron chi connectivity index (χ3n) is 1.40. The SMILES string of the molecule is [CH2]C(C)N(CCO)CCO. The second-order valence-electron chi connectivity index (χ2n) is 2.33. The van der Waals surface area contributed by atoms with Crippen LogP contribution in [0, 0.1) is 6.92 Å². The number of nitrogens with zero attached hydrogens (tertiary/aromatic N) is 1. The molecule has 0 saturated heterocycles. The highest BCUT2D eigenvalue weighted by atomic mass is 16.3. The quantitative estimate of drug-likeness (QED) is 0.549. The van der Waals surface area contributed by atoms with Crippen LogP contribution in [-0.2, 0) is 0 Å². The Morgan fingerprint density at radius 3 is 1.90 bits per heavy atom. The van der Waals surface area contributed by atoms with E-state index >= 15 is 0 Å².